The molecule has 0 bridgehead atoms. The van der Waals surface area contributed by atoms with E-state index in [1.54, 1.807) is 12.1 Å². The van der Waals surface area contributed by atoms with Crippen molar-refractivity contribution in [3.63, 3.8) is 0 Å². The van der Waals surface area contributed by atoms with Gasteiger partial charge in [0.2, 0.25) is 0 Å². The quantitative estimate of drug-likeness (QED) is 0.630. The molecule has 7 heteroatoms. The Kier molecular flexibility index (Phi) is 5.30. The Morgan fingerprint density at radius 1 is 1.56 bits per heavy atom. The summed E-state index contributed by atoms with van der Waals surface area (Å²) in [5.41, 5.74) is 0.586. The lowest BCUT2D eigenvalue weighted by atomic mass is 10.2. The molecule has 96 valence electrons. The van der Waals surface area contributed by atoms with Crippen molar-refractivity contribution < 1.29 is 14.7 Å². The number of nitrogens with one attached hydrogen (secondary N) is 2. The van der Waals surface area contributed by atoms with Crippen LogP contribution in [0.5, 0.6) is 0 Å². The molecule has 18 heavy (non-hydrogen) atoms. The zero-order chi connectivity index (χ0) is 13.4. The van der Waals surface area contributed by atoms with Crippen molar-refractivity contribution >= 4 is 12.0 Å². The van der Waals surface area contributed by atoms with Crippen LogP contribution in [-0.4, -0.2) is 33.3 Å². The number of hydrogen-bond donors (Lipinski definition) is 3. The Hall–Kier alpha value is -2.44. The number of amides is 2. The maximum atomic E-state index is 11.4. The van der Waals surface area contributed by atoms with Gasteiger partial charge in [0.05, 0.1) is 12.2 Å². The van der Waals surface area contributed by atoms with Gasteiger partial charge >= 0.3 is 12.0 Å². The van der Waals surface area contributed by atoms with Gasteiger partial charge in [-0.25, -0.2) is 9.59 Å². The number of aliphatic carboxylic acids is 1. The zero-order valence-electron chi connectivity index (χ0n) is 9.67. The summed E-state index contributed by atoms with van der Waals surface area (Å²) in [4.78, 5) is 22.2. The van der Waals surface area contributed by atoms with Gasteiger partial charge in [-0.15, -0.1) is 6.58 Å². The summed E-state index contributed by atoms with van der Waals surface area (Å²) in [5, 5.41) is 21.1. The molecule has 3 N–H and O–H groups in total. The highest BCUT2D eigenvalue weighted by Crippen LogP contribution is 1.94. The number of carbonyl (C=O) groups excluding carboxylic acids is 1. The molecule has 2 amide bonds. The van der Waals surface area contributed by atoms with E-state index in [2.05, 4.69) is 27.4 Å². The fraction of sp³-hybridized carbons (Fsp3) is 0.273. The van der Waals surface area contributed by atoms with E-state index in [-0.39, 0.29) is 13.0 Å². The third kappa shape index (κ3) is 4.60. The van der Waals surface area contributed by atoms with E-state index in [9.17, 15) is 9.59 Å². The van der Waals surface area contributed by atoms with Gasteiger partial charge in [0.1, 0.15) is 6.04 Å². The molecule has 0 aliphatic carbocycles. The first-order valence-corrected chi connectivity index (χ1v) is 5.28. The first-order valence-electron chi connectivity index (χ1n) is 5.28. The van der Waals surface area contributed by atoms with Crippen LogP contribution in [0, 0.1) is 0 Å². The monoisotopic (exact) mass is 250 g/mol. The summed E-state index contributed by atoms with van der Waals surface area (Å²) in [6.07, 6.45) is 3.11. The van der Waals surface area contributed by atoms with E-state index < -0.39 is 18.0 Å². The van der Waals surface area contributed by atoms with Gasteiger partial charge in [-0.2, -0.15) is 10.2 Å². The van der Waals surface area contributed by atoms with Crippen LogP contribution in [0.4, 0.5) is 4.79 Å². The predicted octanol–water partition coefficient (Wildman–Crippen LogP) is 0.305. The van der Waals surface area contributed by atoms with Crippen LogP contribution in [0.1, 0.15) is 12.1 Å². The standard InChI is InChI=1S/C11H14N4O3/c1-2-4-9(10(16)17)14-11(18)12-7-8-5-3-6-13-15-8/h2-3,5-6,9H,1,4,7H2,(H,16,17)(H2,12,14,18). The van der Waals surface area contributed by atoms with Crippen molar-refractivity contribution in [2.45, 2.75) is 19.0 Å². The predicted molar refractivity (Wildman–Crippen MR) is 63.6 cm³/mol. The first-order chi connectivity index (χ1) is 8.63. The molecule has 0 saturated carbocycles. The van der Waals surface area contributed by atoms with Gasteiger partial charge in [-0.1, -0.05) is 6.08 Å². The highest BCUT2D eigenvalue weighted by molar-refractivity contribution is 5.82. The van der Waals surface area contributed by atoms with Gasteiger partial charge in [0, 0.05) is 6.20 Å². The lowest BCUT2D eigenvalue weighted by Crippen LogP contribution is -2.45. The van der Waals surface area contributed by atoms with Crippen molar-refractivity contribution in [1.82, 2.24) is 20.8 Å². The number of hydrogen-bond acceptors (Lipinski definition) is 4. The molecule has 1 heterocycles. The second kappa shape index (κ2) is 7.00. The maximum absolute atomic E-state index is 11.4. The summed E-state index contributed by atoms with van der Waals surface area (Å²) in [7, 11) is 0. The number of nitrogens with zero attached hydrogens (tertiary/aromatic N) is 2. The van der Waals surface area contributed by atoms with Gasteiger partial charge < -0.3 is 15.7 Å². The van der Waals surface area contributed by atoms with Crippen LogP contribution in [0.3, 0.4) is 0 Å². The fourth-order valence-electron chi connectivity index (χ4n) is 1.20. The van der Waals surface area contributed by atoms with Gasteiger partial charge in [0.25, 0.3) is 0 Å². The average Bonchev–Trinajstić information content (AvgIpc) is 2.37. The third-order valence-corrected chi connectivity index (χ3v) is 2.06. The van der Waals surface area contributed by atoms with Crippen molar-refractivity contribution in [2.24, 2.45) is 0 Å². The first kappa shape index (κ1) is 13.6. The number of rotatable bonds is 6. The number of aromatic nitrogens is 2. The third-order valence-electron chi connectivity index (χ3n) is 2.06. The van der Waals surface area contributed by atoms with Crippen LogP contribution >= 0.6 is 0 Å². The molecular formula is C11H14N4O3. The molecule has 7 nitrogen and oxygen atoms in total. The maximum Gasteiger partial charge on any atom is 0.326 e. The Morgan fingerprint density at radius 3 is 2.89 bits per heavy atom. The summed E-state index contributed by atoms with van der Waals surface area (Å²) in [5.74, 6) is -1.11. The van der Waals surface area contributed by atoms with E-state index in [4.69, 9.17) is 5.11 Å². The van der Waals surface area contributed by atoms with Crippen molar-refractivity contribution in [2.75, 3.05) is 0 Å². The molecular weight excluding hydrogens is 236 g/mol. The normalized spacial score (nSPS) is 11.3. The van der Waals surface area contributed by atoms with Crippen LogP contribution < -0.4 is 10.6 Å². The summed E-state index contributed by atoms with van der Waals surface area (Å²) >= 11 is 0. The van der Waals surface area contributed by atoms with Gasteiger partial charge in [0.15, 0.2) is 0 Å². The Morgan fingerprint density at radius 2 is 2.33 bits per heavy atom. The van der Waals surface area contributed by atoms with E-state index in [0.29, 0.717) is 5.69 Å². The smallest absolute Gasteiger partial charge is 0.326 e. The number of urea groups is 1. The second-order valence-electron chi connectivity index (χ2n) is 3.46. The molecule has 1 atom stereocenters. The molecule has 0 saturated heterocycles. The van der Waals surface area contributed by atoms with Crippen molar-refractivity contribution in [3.8, 4) is 0 Å². The van der Waals surface area contributed by atoms with Gasteiger partial charge in [-0.05, 0) is 18.6 Å². The van der Waals surface area contributed by atoms with E-state index in [1.165, 1.54) is 12.3 Å². The van der Waals surface area contributed by atoms with E-state index in [0.717, 1.165) is 0 Å². The molecule has 0 radical (unpaired) electrons. The summed E-state index contributed by atoms with van der Waals surface area (Å²) in [6.45, 7) is 3.61. The SMILES string of the molecule is C=CCC(NC(=O)NCc1cccnn1)C(=O)O. The van der Waals surface area contributed by atoms with Gasteiger partial charge in [-0.3, -0.25) is 0 Å². The number of carbonyl (C=O) groups is 2. The molecule has 0 aromatic carbocycles. The minimum atomic E-state index is -1.11. The second-order valence-corrected chi connectivity index (χ2v) is 3.46. The highest BCUT2D eigenvalue weighted by Gasteiger charge is 2.17. The molecule has 1 aromatic rings. The minimum absolute atomic E-state index is 0.161. The number of carboxylic acids is 1. The molecule has 1 rings (SSSR count). The van der Waals surface area contributed by atoms with Crippen molar-refractivity contribution in [3.05, 3.63) is 36.7 Å². The Labute approximate surface area is 104 Å². The summed E-state index contributed by atoms with van der Waals surface area (Å²) < 4.78 is 0. The molecule has 0 aliphatic rings. The van der Waals surface area contributed by atoms with Crippen LogP contribution in [-0.2, 0) is 11.3 Å². The lowest BCUT2D eigenvalue weighted by molar-refractivity contribution is -0.139. The fourth-order valence-corrected chi connectivity index (χ4v) is 1.20. The van der Waals surface area contributed by atoms with Crippen LogP contribution in [0.25, 0.3) is 0 Å². The molecule has 0 spiro atoms. The minimum Gasteiger partial charge on any atom is -0.480 e. The Balaban J connectivity index is 2.41. The molecule has 1 aromatic heterocycles. The largest absolute Gasteiger partial charge is 0.480 e. The van der Waals surface area contributed by atoms with E-state index in [1.807, 2.05) is 0 Å². The van der Waals surface area contributed by atoms with Crippen molar-refractivity contribution in [1.29, 1.82) is 0 Å². The highest BCUT2D eigenvalue weighted by atomic mass is 16.4. The zero-order valence-corrected chi connectivity index (χ0v) is 9.67. The summed E-state index contributed by atoms with van der Waals surface area (Å²) in [6, 6.07) is 1.84. The number of carboxylic acid groups (broad SMARTS) is 1. The lowest BCUT2D eigenvalue weighted by Gasteiger charge is -2.13. The Bertz CT molecular complexity index is 422. The van der Waals surface area contributed by atoms with E-state index >= 15 is 0 Å². The molecule has 0 aliphatic heterocycles. The van der Waals surface area contributed by atoms with Crippen LogP contribution in [0.15, 0.2) is 31.0 Å². The topological polar surface area (TPSA) is 104 Å². The molecule has 0 fully saturated rings. The van der Waals surface area contributed by atoms with Crippen LogP contribution in [0.2, 0.25) is 0 Å². The average molecular weight is 250 g/mol. The molecule has 1 unspecified atom stereocenters.